The molecule has 2 rings (SSSR count). The minimum Gasteiger partial charge on any atom is -0.327 e. The van der Waals surface area contributed by atoms with Gasteiger partial charge in [0.1, 0.15) is 11.6 Å². The smallest absolute Gasteiger partial charge is 0.129 e. The summed E-state index contributed by atoms with van der Waals surface area (Å²) in [5, 5.41) is 0. The highest BCUT2D eigenvalue weighted by Gasteiger charge is 2.28. The first-order chi connectivity index (χ1) is 8.60. The van der Waals surface area contributed by atoms with E-state index in [1.54, 1.807) is 0 Å². The molecule has 2 N–H and O–H groups in total. The van der Waals surface area contributed by atoms with E-state index in [2.05, 4.69) is 6.92 Å². The Hall–Kier alpha value is -0.960. The molecule has 3 unspecified atom stereocenters. The highest BCUT2D eigenvalue weighted by atomic mass is 19.1. The van der Waals surface area contributed by atoms with Crippen molar-refractivity contribution in [1.82, 2.24) is 0 Å². The van der Waals surface area contributed by atoms with Crippen LogP contribution in [-0.4, -0.2) is 6.04 Å². The first-order valence-electron chi connectivity index (χ1n) is 6.79. The molecule has 0 amide bonds. The molecule has 1 aliphatic rings. The number of hydrogen-bond donors (Lipinski definition) is 1. The Morgan fingerprint density at radius 3 is 2.72 bits per heavy atom. The minimum absolute atomic E-state index is 0.0125. The van der Waals surface area contributed by atoms with E-state index in [1.165, 1.54) is 25.0 Å². The first-order valence-corrected chi connectivity index (χ1v) is 6.79. The van der Waals surface area contributed by atoms with Crippen LogP contribution in [0.4, 0.5) is 8.78 Å². The van der Waals surface area contributed by atoms with Crippen LogP contribution >= 0.6 is 0 Å². The fraction of sp³-hybridized carbons (Fsp3) is 0.600. The average molecular weight is 253 g/mol. The van der Waals surface area contributed by atoms with E-state index >= 15 is 0 Å². The molecule has 3 heteroatoms. The lowest BCUT2D eigenvalue weighted by atomic mass is 9.91. The number of rotatable bonds is 4. The van der Waals surface area contributed by atoms with E-state index in [0.717, 1.165) is 24.8 Å². The van der Waals surface area contributed by atoms with Crippen LogP contribution in [0.15, 0.2) is 18.2 Å². The minimum atomic E-state index is -0.531. The summed E-state index contributed by atoms with van der Waals surface area (Å²) in [5.41, 5.74) is 6.71. The van der Waals surface area contributed by atoms with Crippen molar-refractivity contribution in [2.75, 3.05) is 0 Å². The van der Waals surface area contributed by atoms with Crippen molar-refractivity contribution in [3.05, 3.63) is 35.4 Å². The number of benzene rings is 1. The maximum absolute atomic E-state index is 13.5. The van der Waals surface area contributed by atoms with E-state index in [9.17, 15) is 8.78 Å². The van der Waals surface area contributed by atoms with Crippen molar-refractivity contribution in [2.45, 2.75) is 45.1 Å². The van der Waals surface area contributed by atoms with Crippen molar-refractivity contribution in [3.63, 3.8) is 0 Å². The van der Waals surface area contributed by atoms with Gasteiger partial charge in [-0.05, 0) is 42.7 Å². The van der Waals surface area contributed by atoms with Gasteiger partial charge >= 0.3 is 0 Å². The molecule has 1 aromatic carbocycles. The molecule has 1 aromatic rings. The van der Waals surface area contributed by atoms with Gasteiger partial charge in [0.05, 0.1) is 0 Å². The predicted octanol–water partition coefficient (Wildman–Crippen LogP) is 3.66. The van der Waals surface area contributed by atoms with Gasteiger partial charge in [0.2, 0.25) is 0 Å². The van der Waals surface area contributed by atoms with Gasteiger partial charge in [0, 0.05) is 12.1 Å². The van der Waals surface area contributed by atoms with Crippen molar-refractivity contribution in [3.8, 4) is 0 Å². The summed E-state index contributed by atoms with van der Waals surface area (Å²) in [4.78, 5) is 0. The van der Waals surface area contributed by atoms with Gasteiger partial charge in [-0.15, -0.1) is 0 Å². The molecule has 0 spiro atoms. The van der Waals surface area contributed by atoms with Gasteiger partial charge in [-0.1, -0.05) is 25.8 Å². The highest BCUT2D eigenvalue weighted by molar-refractivity contribution is 5.19. The molecular weight excluding hydrogens is 232 g/mol. The van der Waals surface area contributed by atoms with E-state index in [0.29, 0.717) is 17.9 Å². The lowest BCUT2D eigenvalue weighted by molar-refractivity contribution is 0.401. The van der Waals surface area contributed by atoms with Crippen LogP contribution in [0.2, 0.25) is 0 Å². The van der Waals surface area contributed by atoms with Crippen LogP contribution < -0.4 is 5.73 Å². The third-order valence-electron chi connectivity index (χ3n) is 4.24. The van der Waals surface area contributed by atoms with Crippen LogP contribution in [0.5, 0.6) is 0 Å². The highest BCUT2D eigenvalue weighted by Crippen LogP contribution is 2.35. The molecule has 0 aromatic heterocycles. The monoisotopic (exact) mass is 253 g/mol. The zero-order valence-corrected chi connectivity index (χ0v) is 10.8. The van der Waals surface area contributed by atoms with Gasteiger partial charge in [0.25, 0.3) is 0 Å². The van der Waals surface area contributed by atoms with Gasteiger partial charge in [0.15, 0.2) is 0 Å². The summed E-state index contributed by atoms with van der Waals surface area (Å²) >= 11 is 0. The first kappa shape index (κ1) is 13.5. The second-order valence-corrected chi connectivity index (χ2v) is 5.45. The van der Waals surface area contributed by atoms with Crippen LogP contribution in [0.1, 0.15) is 38.2 Å². The molecule has 18 heavy (non-hydrogen) atoms. The fourth-order valence-corrected chi connectivity index (χ4v) is 2.98. The van der Waals surface area contributed by atoms with E-state index in [1.807, 2.05) is 0 Å². The Morgan fingerprint density at radius 2 is 2.11 bits per heavy atom. The largest absolute Gasteiger partial charge is 0.327 e. The second-order valence-electron chi connectivity index (χ2n) is 5.45. The molecule has 1 nitrogen and oxygen atoms in total. The summed E-state index contributed by atoms with van der Waals surface area (Å²) in [6.45, 7) is 2.21. The maximum atomic E-state index is 13.5. The molecule has 1 fully saturated rings. The Balaban J connectivity index is 1.97. The van der Waals surface area contributed by atoms with Gasteiger partial charge < -0.3 is 5.73 Å². The Labute approximate surface area is 107 Å². The summed E-state index contributed by atoms with van der Waals surface area (Å²) < 4.78 is 26.4. The molecule has 1 saturated carbocycles. The van der Waals surface area contributed by atoms with Crippen molar-refractivity contribution in [2.24, 2.45) is 17.6 Å². The predicted molar refractivity (Wildman–Crippen MR) is 69.2 cm³/mol. The van der Waals surface area contributed by atoms with Gasteiger partial charge in [-0.3, -0.25) is 0 Å². The molecule has 3 atom stereocenters. The molecule has 100 valence electrons. The topological polar surface area (TPSA) is 26.0 Å². The van der Waals surface area contributed by atoms with Crippen LogP contribution in [0.3, 0.4) is 0 Å². The number of hydrogen-bond acceptors (Lipinski definition) is 1. The standard InChI is InChI=1S/C15H21F2N/c1-2-10-3-4-12(7-10)15(18)8-11-5-6-13(16)9-14(11)17/h5-6,9-10,12,15H,2-4,7-8,18H2,1H3. The molecule has 0 radical (unpaired) electrons. The van der Waals surface area contributed by atoms with Gasteiger partial charge in [-0.25, -0.2) is 8.78 Å². The van der Waals surface area contributed by atoms with E-state index in [4.69, 9.17) is 5.73 Å². The summed E-state index contributed by atoms with van der Waals surface area (Å²) in [5.74, 6) is 0.255. The molecular formula is C15H21F2N. The van der Waals surface area contributed by atoms with Crippen molar-refractivity contribution in [1.29, 1.82) is 0 Å². The molecule has 0 bridgehead atoms. The van der Waals surface area contributed by atoms with Crippen LogP contribution in [-0.2, 0) is 6.42 Å². The van der Waals surface area contributed by atoms with E-state index in [-0.39, 0.29) is 6.04 Å². The molecule has 0 saturated heterocycles. The molecule has 0 heterocycles. The third kappa shape index (κ3) is 3.08. The number of halogens is 2. The zero-order valence-electron chi connectivity index (χ0n) is 10.8. The van der Waals surface area contributed by atoms with E-state index < -0.39 is 11.6 Å². The summed E-state index contributed by atoms with van der Waals surface area (Å²) in [7, 11) is 0. The SMILES string of the molecule is CCC1CCC(C(N)Cc2ccc(F)cc2F)C1. The Morgan fingerprint density at radius 1 is 1.33 bits per heavy atom. The van der Waals surface area contributed by atoms with Crippen LogP contribution in [0, 0.1) is 23.5 Å². The lowest BCUT2D eigenvalue weighted by Crippen LogP contribution is -2.31. The summed E-state index contributed by atoms with van der Waals surface area (Å²) in [6.07, 6.45) is 5.24. The van der Waals surface area contributed by atoms with Gasteiger partial charge in [-0.2, -0.15) is 0 Å². The Kier molecular flexibility index (Phi) is 4.33. The molecule has 1 aliphatic carbocycles. The Bertz CT molecular complexity index is 405. The number of nitrogens with two attached hydrogens (primary N) is 1. The maximum Gasteiger partial charge on any atom is 0.129 e. The normalized spacial score (nSPS) is 25.3. The van der Waals surface area contributed by atoms with Crippen molar-refractivity contribution >= 4 is 0 Å². The average Bonchev–Trinajstić information content (AvgIpc) is 2.81. The second kappa shape index (κ2) is 5.79. The quantitative estimate of drug-likeness (QED) is 0.870. The van der Waals surface area contributed by atoms with Crippen molar-refractivity contribution < 1.29 is 8.78 Å². The zero-order chi connectivity index (χ0) is 13.1. The fourth-order valence-electron chi connectivity index (χ4n) is 2.98. The van der Waals surface area contributed by atoms with Crippen LogP contribution in [0.25, 0.3) is 0 Å². The lowest BCUT2D eigenvalue weighted by Gasteiger charge is -2.19. The summed E-state index contributed by atoms with van der Waals surface area (Å²) in [6, 6.07) is 3.73. The third-order valence-corrected chi connectivity index (χ3v) is 4.24. The molecule has 0 aliphatic heterocycles.